The number of halogens is 2. The van der Waals surface area contributed by atoms with Crippen LogP contribution >= 0.6 is 15.9 Å². The molecule has 1 aromatic carbocycles. The number of amides is 1. The van der Waals surface area contributed by atoms with Crippen molar-refractivity contribution in [2.24, 2.45) is 5.11 Å². The zero-order valence-corrected chi connectivity index (χ0v) is 7.82. The number of benzene rings is 1. The Morgan fingerprint density at radius 3 is 2.92 bits per heavy atom. The number of rotatable bonds is 1. The van der Waals surface area contributed by atoms with E-state index in [2.05, 4.69) is 26.0 Å². The molecule has 0 aromatic heterocycles. The highest BCUT2D eigenvalue weighted by molar-refractivity contribution is 9.10. The molecule has 0 radical (unpaired) electrons. The summed E-state index contributed by atoms with van der Waals surface area (Å²) in [6, 6.07) is 3.56. The third kappa shape index (κ3) is 2.27. The molecule has 0 unspecified atom stereocenters. The van der Waals surface area contributed by atoms with E-state index in [-0.39, 0.29) is 5.56 Å². The summed E-state index contributed by atoms with van der Waals surface area (Å²) in [6.45, 7) is 0. The first kappa shape index (κ1) is 9.70. The van der Waals surface area contributed by atoms with Gasteiger partial charge in [0.05, 0.1) is 0 Å². The van der Waals surface area contributed by atoms with Crippen molar-refractivity contribution < 1.29 is 9.18 Å². The summed E-state index contributed by atoms with van der Waals surface area (Å²) in [4.78, 5) is 13.3. The maximum atomic E-state index is 12.6. The molecule has 0 saturated heterocycles. The highest BCUT2D eigenvalue weighted by Crippen LogP contribution is 2.18. The fraction of sp³-hybridized carbons (Fsp3) is 0. The lowest BCUT2D eigenvalue weighted by molar-refractivity contribution is 0.0999. The van der Waals surface area contributed by atoms with Crippen molar-refractivity contribution in [3.05, 3.63) is 44.5 Å². The molecule has 1 rings (SSSR count). The van der Waals surface area contributed by atoms with Crippen LogP contribution in [0.15, 0.2) is 27.8 Å². The van der Waals surface area contributed by atoms with Crippen molar-refractivity contribution in [3.63, 3.8) is 0 Å². The number of azide groups is 1. The molecule has 0 fully saturated rings. The predicted molar refractivity (Wildman–Crippen MR) is 47.6 cm³/mol. The van der Waals surface area contributed by atoms with Gasteiger partial charge >= 0.3 is 0 Å². The Hall–Kier alpha value is -1.39. The van der Waals surface area contributed by atoms with E-state index in [1.165, 1.54) is 12.1 Å². The predicted octanol–water partition coefficient (Wildman–Crippen LogP) is 3.04. The summed E-state index contributed by atoms with van der Waals surface area (Å²) in [7, 11) is 0. The van der Waals surface area contributed by atoms with Gasteiger partial charge in [-0.3, -0.25) is 4.79 Å². The zero-order valence-electron chi connectivity index (χ0n) is 6.24. The van der Waals surface area contributed by atoms with Crippen LogP contribution in [0, 0.1) is 5.82 Å². The standard InChI is InChI=1S/C7H3BrFN3O/c8-6-2-1-4(9)3-5(6)7(13)11-12-10/h1-3H. The largest absolute Gasteiger partial charge is 0.287 e. The molecular formula is C7H3BrFN3O. The van der Waals surface area contributed by atoms with Crippen molar-refractivity contribution in [1.29, 1.82) is 0 Å². The van der Waals surface area contributed by atoms with E-state index in [4.69, 9.17) is 5.53 Å². The molecule has 0 atom stereocenters. The van der Waals surface area contributed by atoms with Crippen molar-refractivity contribution in [2.45, 2.75) is 0 Å². The molecule has 0 bridgehead atoms. The topological polar surface area (TPSA) is 65.8 Å². The number of carbonyl (C=O) groups is 1. The summed E-state index contributed by atoms with van der Waals surface area (Å²) < 4.78 is 13.0. The number of hydrogen-bond acceptors (Lipinski definition) is 1. The van der Waals surface area contributed by atoms with E-state index in [1.807, 2.05) is 0 Å². The van der Waals surface area contributed by atoms with Gasteiger partial charge in [-0.25, -0.2) is 4.39 Å². The summed E-state index contributed by atoms with van der Waals surface area (Å²) in [5, 5.41) is 2.84. The van der Waals surface area contributed by atoms with Crippen LogP contribution in [-0.2, 0) is 0 Å². The van der Waals surface area contributed by atoms with E-state index in [1.54, 1.807) is 0 Å². The minimum Gasteiger partial charge on any atom is -0.287 e. The Morgan fingerprint density at radius 1 is 1.62 bits per heavy atom. The van der Waals surface area contributed by atoms with Gasteiger partial charge in [-0.05, 0) is 28.8 Å². The van der Waals surface area contributed by atoms with Crippen LogP contribution in [0.1, 0.15) is 10.4 Å². The fourth-order valence-corrected chi connectivity index (χ4v) is 1.17. The van der Waals surface area contributed by atoms with Crippen molar-refractivity contribution in [3.8, 4) is 0 Å². The zero-order chi connectivity index (χ0) is 9.84. The maximum absolute atomic E-state index is 12.6. The third-order valence-corrected chi connectivity index (χ3v) is 1.99. The molecule has 66 valence electrons. The highest BCUT2D eigenvalue weighted by atomic mass is 79.9. The molecule has 6 heteroatoms. The minimum absolute atomic E-state index is 0.0119. The highest BCUT2D eigenvalue weighted by Gasteiger charge is 2.08. The molecule has 1 amide bonds. The van der Waals surface area contributed by atoms with E-state index >= 15 is 0 Å². The monoisotopic (exact) mass is 243 g/mol. The molecule has 4 nitrogen and oxygen atoms in total. The van der Waals surface area contributed by atoms with Crippen molar-refractivity contribution in [2.75, 3.05) is 0 Å². The van der Waals surface area contributed by atoms with E-state index in [9.17, 15) is 9.18 Å². The Labute approximate surface area is 81.1 Å². The summed E-state index contributed by atoms with van der Waals surface area (Å²) in [5.41, 5.74) is 8.00. The molecule has 1 aromatic rings. The minimum atomic E-state index is -0.811. The van der Waals surface area contributed by atoms with Gasteiger partial charge < -0.3 is 0 Å². The lowest BCUT2D eigenvalue weighted by Crippen LogP contribution is -1.95. The van der Waals surface area contributed by atoms with Crippen molar-refractivity contribution in [1.82, 2.24) is 0 Å². The molecule has 0 aliphatic carbocycles. The average Bonchev–Trinajstić information content (AvgIpc) is 2.09. The van der Waals surface area contributed by atoms with E-state index in [0.29, 0.717) is 4.47 Å². The first-order chi connectivity index (χ1) is 6.15. The normalized spacial score (nSPS) is 9.08. The van der Waals surface area contributed by atoms with Crippen molar-refractivity contribution >= 4 is 21.8 Å². The number of hydrogen-bond donors (Lipinski definition) is 0. The maximum Gasteiger partial charge on any atom is 0.250 e. The van der Waals surface area contributed by atoms with Gasteiger partial charge in [0.25, 0.3) is 0 Å². The molecule has 0 spiro atoms. The van der Waals surface area contributed by atoms with Gasteiger partial charge in [0.2, 0.25) is 5.91 Å². The van der Waals surface area contributed by atoms with Gasteiger partial charge in [0.15, 0.2) is 0 Å². The first-order valence-corrected chi connectivity index (χ1v) is 3.99. The lowest BCUT2D eigenvalue weighted by Gasteiger charge is -1.97. The Morgan fingerprint density at radius 2 is 2.31 bits per heavy atom. The fourth-order valence-electron chi connectivity index (χ4n) is 0.756. The third-order valence-electron chi connectivity index (χ3n) is 1.29. The molecule has 0 N–H and O–H groups in total. The van der Waals surface area contributed by atoms with E-state index in [0.717, 1.165) is 6.07 Å². The van der Waals surface area contributed by atoms with Gasteiger partial charge in [-0.1, -0.05) is 15.9 Å². The lowest BCUT2D eigenvalue weighted by atomic mass is 10.2. The summed E-state index contributed by atoms with van der Waals surface area (Å²) in [6.07, 6.45) is 0. The van der Waals surface area contributed by atoms with Gasteiger partial charge in [-0.2, -0.15) is 0 Å². The second-order valence-electron chi connectivity index (χ2n) is 2.12. The number of carbonyl (C=O) groups excluding carboxylic acids is 1. The second-order valence-corrected chi connectivity index (χ2v) is 2.97. The Balaban J connectivity index is 3.20. The summed E-state index contributed by atoms with van der Waals surface area (Å²) in [5.74, 6) is -1.37. The van der Waals surface area contributed by atoms with E-state index < -0.39 is 11.7 Å². The van der Waals surface area contributed by atoms with Crippen LogP contribution in [0.3, 0.4) is 0 Å². The molecule has 0 aliphatic heterocycles. The molecule has 13 heavy (non-hydrogen) atoms. The van der Waals surface area contributed by atoms with Gasteiger partial charge in [0.1, 0.15) is 5.82 Å². The molecule has 0 saturated carbocycles. The van der Waals surface area contributed by atoms with Crippen LogP contribution in [0.25, 0.3) is 10.4 Å². The Bertz CT molecular complexity index is 401. The van der Waals surface area contributed by atoms with Gasteiger partial charge in [0, 0.05) is 14.9 Å². The SMILES string of the molecule is [N-]=[N+]=NC(=O)c1cc(F)ccc1Br. The molecule has 0 heterocycles. The van der Waals surface area contributed by atoms with Crippen LogP contribution in [0.4, 0.5) is 4.39 Å². The quantitative estimate of drug-likeness (QED) is 0.425. The smallest absolute Gasteiger partial charge is 0.250 e. The average molecular weight is 244 g/mol. The Kier molecular flexibility index (Phi) is 3.00. The summed E-state index contributed by atoms with van der Waals surface area (Å²) >= 11 is 3.03. The second kappa shape index (κ2) is 4.02. The van der Waals surface area contributed by atoms with Crippen LogP contribution < -0.4 is 0 Å². The van der Waals surface area contributed by atoms with Crippen LogP contribution in [-0.4, -0.2) is 5.91 Å². The first-order valence-electron chi connectivity index (χ1n) is 3.19. The molecule has 0 aliphatic rings. The molecular weight excluding hydrogens is 241 g/mol. The van der Waals surface area contributed by atoms with Crippen LogP contribution in [0.5, 0.6) is 0 Å². The number of nitrogens with zero attached hydrogens (tertiary/aromatic N) is 3. The van der Waals surface area contributed by atoms with Crippen LogP contribution in [0.2, 0.25) is 0 Å². The van der Waals surface area contributed by atoms with Gasteiger partial charge in [-0.15, -0.1) is 0 Å².